The number of piperazine rings is 1. The van der Waals surface area contributed by atoms with Crippen molar-refractivity contribution in [3.05, 3.63) is 28.2 Å². The summed E-state index contributed by atoms with van der Waals surface area (Å²) in [7, 11) is 0. The number of hydrogen-bond donors (Lipinski definition) is 2. The molecule has 1 aromatic rings. The lowest BCUT2D eigenvalue weighted by Gasteiger charge is -2.36. The first-order valence-corrected chi connectivity index (χ1v) is 7.47. The second-order valence-electron chi connectivity index (χ2n) is 4.94. The summed E-state index contributed by atoms with van der Waals surface area (Å²) >= 11 is 3.59. The number of nitrogens with zero attached hydrogens (tertiary/aromatic N) is 2. The van der Waals surface area contributed by atoms with Crippen LogP contribution in [0.2, 0.25) is 0 Å². The van der Waals surface area contributed by atoms with Crippen LogP contribution in [0.1, 0.15) is 18.6 Å². The molecule has 0 amide bonds. The van der Waals surface area contributed by atoms with Crippen LogP contribution in [0.15, 0.2) is 22.7 Å². The van der Waals surface area contributed by atoms with Gasteiger partial charge in [-0.05, 0) is 40.5 Å². The number of aliphatic hydroxyl groups excluding tert-OH is 2. The Kier molecular flexibility index (Phi) is 5.21. The Morgan fingerprint density at radius 2 is 1.95 bits per heavy atom. The van der Waals surface area contributed by atoms with Crippen LogP contribution < -0.4 is 4.90 Å². The molecule has 1 aromatic carbocycles. The number of anilines is 1. The minimum atomic E-state index is -0.438. The fourth-order valence-electron chi connectivity index (χ4n) is 2.39. The topological polar surface area (TPSA) is 46.9 Å². The molecule has 2 N–H and O–H groups in total. The second kappa shape index (κ2) is 6.70. The first-order valence-electron chi connectivity index (χ1n) is 6.67. The van der Waals surface area contributed by atoms with Gasteiger partial charge in [0.05, 0.1) is 18.4 Å². The Morgan fingerprint density at radius 3 is 2.47 bits per heavy atom. The molecule has 2 rings (SSSR count). The molecule has 0 bridgehead atoms. The maximum absolute atomic E-state index is 9.58. The monoisotopic (exact) mass is 328 g/mol. The van der Waals surface area contributed by atoms with E-state index < -0.39 is 6.10 Å². The minimum absolute atomic E-state index is 0.229. The summed E-state index contributed by atoms with van der Waals surface area (Å²) in [5.41, 5.74) is 2.10. The van der Waals surface area contributed by atoms with E-state index in [0.29, 0.717) is 0 Å². The molecule has 1 atom stereocenters. The quantitative estimate of drug-likeness (QED) is 0.881. The molecule has 0 saturated carbocycles. The molecule has 0 radical (unpaired) electrons. The first kappa shape index (κ1) is 14.8. The lowest BCUT2D eigenvalue weighted by molar-refractivity contribution is 0.188. The molecule has 1 fully saturated rings. The zero-order chi connectivity index (χ0) is 13.8. The first-order chi connectivity index (χ1) is 9.11. The van der Waals surface area contributed by atoms with Gasteiger partial charge in [0.1, 0.15) is 0 Å². The van der Waals surface area contributed by atoms with Gasteiger partial charge in [-0.3, -0.25) is 4.90 Å². The van der Waals surface area contributed by atoms with Crippen LogP contribution in [0, 0.1) is 0 Å². The van der Waals surface area contributed by atoms with E-state index in [1.165, 1.54) is 5.69 Å². The van der Waals surface area contributed by atoms with Gasteiger partial charge in [0.25, 0.3) is 0 Å². The smallest absolute Gasteiger partial charge is 0.0762 e. The van der Waals surface area contributed by atoms with Gasteiger partial charge in [0.15, 0.2) is 0 Å². The van der Waals surface area contributed by atoms with Gasteiger partial charge in [-0.15, -0.1) is 0 Å². The third-order valence-corrected chi connectivity index (χ3v) is 4.22. The Bertz CT molecular complexity index is 418. The van der Waals surface area contributed by atoms with Crippen LogP contribution in [0.5, 0.6) is 0 Å². The highest BCUT2D eigenvalue weighted by Crippen LogP contribution is 2.30. The van der Waals surface area contributed by atoms with Gasteiger partial charge in [-0.1, -0.05) is 6.07 Å². The van der Waals surface area contributed by atoms with Gasteiger partial charge in [-0.25, -0.2) is 0 Å². The number of rotatable bonds is 4. The molecule has 1 heterocycles. The summed E-state index contributed by atoms with van der Waals surface area (Å²) in [6.45, 7) is 6.65. The number of aliphatic hydroxyl groups is 2. The fraction of sp³-hybridized carbons (Fsp3) is 0.571. The summed E-state index contributed by atoms with van der Waals surface area (Å²) in [5.74, 6) is 0. The predicted molar refractivity (Wildman–Crippen MR) is 80.5 cm³/mol. The van der Waals surface area contributed by atoms with Crippen LogP contribution in [0.25, 0.3) is 0 Å². The predicted octanol–water partition coefficient (Wildman–Crippen LogP) is 1.62. The van der Waals surface area contributed by atoms with Gasteiger partial charge in [-0.2, -0.15) is 0 Å². The second-order valence-corrected chi connectivity index (χ2v) is 5.79. The molecule has 5 heteroatoms. The lowest BCUT2D eigenvalue weighted by atomic mass is 10.1. The number of halogens is 1. The van der Waals surface area contributed by atoms with Crippen molar-refractivity contribution < 1.29 is 10.2 Å². The fourth-order valence-corrected chi connectivity index (χ4v) is 3.04. The van der Waals surface area contributed by atoms with Crippen molar-refractivity contribution in [2.24, 2.45) is 0 Å². The summed E-state index contributed by atoms with van der Waals surface area (Å²) < 4.78 is 1.03. The highest BCUT2D eigenvalue weighted by atomic mass is 79.9. The zero-order valence-electron chi connectivity index (χ0n) is 11.2. The molecule has 0 unspecified atom stereocenters. The molecule has 0 spiro atoms. The number of hydrogen-bond acceptors (Lipinski definition) is 4. The van der Waals surface area contributed by atoms with Crippen LogP contribution in [0.3, 0.4) is 0 Å². The molecular weight excluding hydrogens is 308 g/mol. The van der Waals surface area contributed by atoms with E-state index in [2.05, 4.69) is 31.8 Å². The van der Waals surface area contributed by atoms with E-state index in [1.54, 1.807) is 6.92 Å². The Hall–Kier alpha value is -0.620. The van der Waals surface area contributed by atoms with E-state index in [0.717, 1.165) is 42.8 Å². The van der Waals surface area contributed by atoms with E-state index in [1.807, 2.05) is 12.1 Å². The molecule has 19 heavy (non-hydrogen) atoms. The number of benzene rings is 1. The van der Waals surface area contributed by atoms with Crippen molar-refractivity contribution in [1.82, 2.24) is 4.90 Å². The maximum atomic E-state index is 9.58. The number of β-amino-alcohol motifs (C(OH)–C–C–N with tert-alkyl or cyclic N) is 1. The molecule has 1 saturated heterocycles. The third kappa shape index (κ3) is 3.69. The SMILES string of the molecule is C[C@@H](O)c1ccc(N2CCN(CCO)CC2)c(Br)c1. The Labute approximate surface area is 122 Å². The Balaban J connectivity index is 2.03. The molecule has 4 nitrogen and oxygen atoms in total. The van der Waals surface area contributed by atoms with Crippen molar-refractivity contribution in [3.8, 4) is 0 Å². The van der Waals surface area contributed by atoms with E-state index in [9.17, 15) is 5.11 Å². The molecule has 0 aliphatic carbocycles. The largest absolute Gasteiger partial charge is 0.395 e. The molecule has 1 aliphatic rings. The highest BCUT2D eigenvalue weighted by Gasteiger charge is 2.18. The summed E-state index contributed by atoms with van der Waals surface area (Å²) in [6, 6.07) is 6.03. The van der Waals surface area contributed by atoms with Crippen LogP contribution >= 0.6 is 15.9 Å². The molecular formula is C14H21BrN2O2. The van der Waals surface area contributed by atoms with Gasteiger partial charge in [0.2, 0.25) is 0 Å². The molecule has 1 aliphatic heterocycles. The average molecular weight is 329 g/mol. The Morgan fingerprint density at radius 1 is 1.26 bits per heavy atom. The van der Waals surface area contributed by atoms with Crippen molar-refractivity contribution in [2.45, 2.75) is 13.0 Å². The highest BCUT2D eigenvalue weighted by molar-refractivity contribution is 9.10. The van der Waals surface area contributed by atoms with Crippen LogP contribution in [0.4, 0.5) is 5.69 Å². The van der Waals surface area contributed by atoms with Crippen LogP contribution in [-0.4, -0.2) is 54.4 Å². The average Bonchev–Trinajstić information content (AvgIpc) is 2.40. The standard InChI is InChI=1S/C14H21BrN2O2/c1-11(19)12-2-3-14(13(15)10-12)17-6-4-16(5-7-17)8-9-18/h2-3,10-11,18-19H,4-9H2,1H3/t11-/m1/s1. The normalized spacial score (nSPS) is 18.6. The van der Waals surface area contributed by atoms with Crippen molar-refractivity contribution in [1.29, 1.82) is 0 Å². The van der Waals surface area contributed by atoms with Crippen molar-refractivity contribution in [2.75, 3.05) is 44.2 Å². The maximum Gasteiger partial charge on any atom is 0.0762 e. The van der Waals surface area contributed by atoms with Crippen molar-refractivity contribution >= 4 is 21.6 Å². The van der Waals surface area contributed by atoms with E-state index >= 15 is 0 Å². The van der Waals surface area contributed by atoms with Crippen LogP contribution in [-0.2, 0) is 0 Å². The van der Waals surface area contributed by atoms with Gasteiger partial charge < -0.3 is 15.1 Å². The minimum Gasteiger partial charge on any atom is -0.395 e. The molecule has 0 aromatic heterocycles. The van der Waals surface area contributed by atoms with Gasteiger partial charge in [0, 0.05) is 37.2 Å². The summed E-state index contributed by atoms with van der Waals surface area (Å²) in [4.78, 5) is 4.61. The summed E-state index contributed by atoms with van der Waals surface area (Å²) in [5, 5.41) is 18.5. The molecule has 106 valence electrons. The van der Waals surface area contributed by atoms with E-state index in [4.69, 9.17) is 5.11 Å². The van der Waals surface area contributed by atoms with E-state index in [-0.39, 0.29) is 6.61 Å². The third-order valence-electron chi connectivity index (χ3n) is 3.58. The summed E-state index contributed by atoms with van der Waals surface area (Å²) in [6.07, 6.45) is -0.438. The van der Waals surface area contributed by atoms with Crippen molar-refractivity contribution in [3.63, 3.8) is 0 Å². The lowest BCUT2D eigenvalue weighted by Crippen LogP contribution is -2.47. The van der Waals surface area contributed by atoms with Gasteiger partial charge >= 0.3 is 0 Å². The zero-order valence-corrected chi connectivity index (χ0v) is 12.8.